The van der Waals surface area contributed by atoms with E-state index in [9.17, 15) is 4.79 Å². The van der Waals surface area contributed by atoms with Gasteiger partial charge in [-0.25, -0.2) is 0 Å². The summed E-state index contributed by atoms with van der Waals surface area (Å²) >= 11 is 0. The van der Waals surface area contributed by atoms with Crippen LogP contribution < -0.4 is 0 Å². The van der Waals surface area contributed by atoms with E-state index in [0.717, 1.165) is 12.3 Å². The number of hydrogen-bond donors (Lipinski definition) is 0. The summed E-state index contributed by atoms with van der Waals surface area (Å²) in [7, 11) is 0. The Bertz CT molecular complexity index is 213. The molecule has 0 N–H and O–H groups in total. The second-order valence-corrected chi connectivity index (χ2v) is 4.93. The molecule has 0 saturated carbocycles. The molecular formula is C13H24O3. The largest absolute Gasteiger partial charge is 0.463 e. The van der Waals surface area contributed by atoms with E-state index >= 15 is 0 Å². The number of epoxide rings is 1. The maximum Gasteiger partial charge on any atom is 0.305 e. The molecule has 0 aromatic heterocycles. The second kappa shape index (κ2) is 6.89. The molecule has 1 rings (SSSR count). The van der Waals surface area contributed by atoms with Crippen LogP contribution in [-0.2, 0) is 14.3 Å². The quantitative estimate of drug-likeness (QED) is 0.364. The van der Waals surface area contributed by atoms with E-state index in [-0.39, 0.29) is 12.1 Å². The molecule has 1 aliphatic heterocycles. The molecule has 3 heteroatoms. The topological polar surface area (TPSA) is 38.8 Å². The Kier molecular flexibility index (Phi) is 5.81. The molecule has 1 fully saturated rings. The highest BCUT2D eigenvalue weighted by Gasteiger charge is 2.38. The molecule has 94 valence electrons. The number of carbonyl (C=O) groups excluding carboxylic acids is 1. The molecule has 3 nitrogen and oxygen atoms in total. The summed E-state index contributed by atoms with van der Waals surface area (Å²) in [5, 5.41) is 0. The third-order valence-electron chi connectivity index (χ3n) is 2.91. The molecule has 2 atom stereocenters. The van der Waals surface area contributed by atoms with E-state index < -0.39 is 0 Å². The van der Waals surface area contributed by atoms with Gasteiger partial charge in [-0.2, -0.15) is 0 Å². The van der Waals surface area contributed by atoms with Gasteiger partial charge in [0, 0.05) is 6.42 Å². The monoisotopic (exact) mass is 228 g/mol. The van der Waals surface area contributed by atoms with Gasteiger partial charge in [0.25, 0.3) is 0 Å². The molecule has 16 heavy (non-hydrogen) atoms. The number of carbonyl (C=O) groups is 1. The lowest BCUT2D eigenvalue weighted by atomic mass is 10.0. The summed E-state index contributed by atoms with van der Waals surface area (Å²) in [6, 6.07) is 0. The maximum atomic E-state index is 10.9. The summed E-state index contributed by atoms with van der Waals surface area (Å²) in [5.41, 5.74) is 0. The first-order valence-electron chi connectivity index (χ1n) is 6.44. The van der Waals surface area contributed by atoms with Crippen molar-refractivity contribution in [1.29, 1.82) is 0 Å². The van der Waals surface area contributed by atoms with Crippen LogP contribution in [0.5, 0.6) is 0 Å². The number of unbranched alkanes of at least 4 members (excludes halogenated alkanes) is 1. The highest BCUT2D eigenvalue weighted by atomic mass is 16.6. The lowest BCUT2D eigenvalue weighted by Gasteiger charge is -2.02. The third-order valence-corrected chi connectivity index (χ3v) is 2.91. The lowest BCUT2D eigenvalue weighted by molar-refractivity contribution is -0.143. The van der Waals surface area contributed by atoms with Gasteiger partial charge in [-0.05, 0) is 12.3 Å². The normalized spacial score (nSPS) is 23.5. The van der Waals surface area contributed by atoms with Crippen molar-refractivity contribution in [1.82, 2.24) is 0 Å². The Morgan fingerprint density at radius 1 is 1.31 bits per heavy atom. The Morgan fingerprint density at radius 2 is 2.06 bits per heavy atom. The van der Waals surface area contributed by atoms with Crippen LogP contribution in [0.15, 0.2) is 0 Å². The first-order chi connectivity index (χ1) is 7.63. The highest BCUT2D eigenvalue weighted by Crippen LogP contribution is 2.28. The molecule has 0 radical (unpaired) electrons. The summed E-state index contributed by atoms with van der Waals surface area (Å²) in [6.07, 6.45) is 5.88. The fourth-order valence-corrected chi connectivity index (χ4v) is 1.75. The molecule has 1 aliphatic rings. The molecule has 1 saturated heterocycles. The van der Waals surface area contributed by atoms with E-state index in [1.807, 2.05) is 0 Å². The minimum Gasteiger partial charge on any atom is -0.463 e. The van der Waals surface area contributed by atoms with Gasteiger partial charge >= 0.3 is 5.97 Å². The number of hydrogen-bond acceptors (Lipinski definition) is 3. The fourth-order valence-electron chi connectivity index (χ4n) is 1.75. The van der Waals surface area contributed by atoms with E-state index in [1.165, 1.54) is 19.3 Å². The van der Waals surface area contributed by atoms with E-state index in [4.69, 9.17) is 9.47 Å². The summed E-state index contributed by atoms with van der Waals surface area (Å²) in [6.45, 7) is 6.75. The van der Waals surface area contributed by atoms with Gasteiger partial charge in [-0.3, -0.25) is 4.79 Å². The van der Waals surface area contributed by atoms with Crippen molar-refractivity contribution in [3.63, 3.8) is 0 Å². The molecule has 0 aromatic rings. The van der Waals surface area contributed by atoms with Crippen molar-refractivity contribution >= 4 is 5.97 Å². The molecule has 0 unspecified atom stereocenters. The first-order valence-corrected chi connectivity index (χ1v) is 6.44. The van der Waals surface area contributed by atoms with Crippen LogP contribution in [0.25, 0.3) is 0 Å². The Labute approximate surface area is 98.5 Å². The summed E-state index contributed by atoms with van der Waals surface area (Å²) in [5.74, 6) is 0.662. The molecule has 0 amide bonds. The summed E-state index contributed by atoms with van der Waals surface area (Å²) in [4.78, 5) is 10.9. The van der Waals surface area contributed by atoms with Gasteiger partial charge in [0.15, 0.2) is 0 Å². The van der Waals surface area contributed by atoms with Crippen LogP contribution in [0, 0.1) is 5.92 Å². The number of esters is 1. The molecular weight excluding hydrogens is 204 g/mol. The molecule has 0 bridgehead atoms. The van der Waals surface area contributed by atoms with Crippen LogP contribution in [0.2, 0.25) is 0 Å². The van der Waals surface area contributed by atoms with Gasteiger partial charge < -0.3 is 9.47 Å². The van der Waals surface area contributed by atoms with Crippen molar-refractivity contribution < 1.29 is 14.3 Å². The van der Waals surface area contributed by atoms with E-state index in [2.05, 4.69) is 13.8 Å². The second-order valence-electron chi connectivity index (χ2n) is 4.93. The maximum absolute atomic E-state index is 10.9. The molecule has 0 aliphatic carbocycles. The predicted molar refractivity (Wildman–Crippen MR) is 63.2 cm³/mol. The average Bonchev–Trinajstić information content (AvgIpc) is 2.99. The number of rotatable bonds is 8. The van der Waals surface area contributed by atoms with Crippen LogP contribution in [0.1, 0.15) is 52.9 Å². The molecule has 0 spiro atoms. The molecule has 1 heterocycles. The van der Waals surface area contributed by atoms with Crippen LogP contribution in [-0.4, -0.2) is 24.8 Å². The fraction of sp³-hybridized carbons (Fsp3) is 0.923. The zero-order valence-corrected chi connectivity index (χ0v) is 10.7. The van der Waals surface area contributed by atoms with E-state index in [0.29, 0.717) is 19.1 Å². The van der Waals surface area contributed by atoms with Gasteiger partial charge in [-0.15, -0.1) is 0 Å². The smallest absolute Gasteiger partial charge is 0.305 e. The Balaban J connectivity index is 1.92. The van der Waals surface area contributed by atoms with Gasteiger partial charge in [0.1, 0.15) is 12.7 Å². The molecule has 0 aromatic carbocycles. The van der Waals surface area contributed by atoms with Crippen molar-refractivity contribution in [2.24, 2.45) is 5.92 Å². The summed E-state index contributed by atoms with van der Waals surface area (Å²) < 4.78 is 10.5. The van der Waals surface area contributed by atoms with Crippen molar-refractivity contribution in [2.75, 3.05) is 6.61 Å². The van der Waals surface area contributed by atoms with Crippen LogP contribution in [0.3, 0.4) is 0 Å². The Morgan fingerprint density at radius 3 is 2.69 bits per heavy atom. The standard InChI is InChI=1S/C13H24O3/c1-4-13(14)15-9-12-11(16-12)8-6-5-7-10(2)3/h10-12H,4-9H2,1-3H3/t11-,12+/m0/s1. The number of ether oxygens (including phenoxy) is 2. The third kappa shape index (κ3) is 5.50. The van der Waals surface area contributed by atoms with Crippen LogP contribution >= 0.6 is 0 Å². The van der Waals surface area contributed by atoms with Crippen molar-refractivity contribution in [2.45, 2.75) is 65.1 Å². The van der Waals surface area contributed by atoms with Crippen molar-refractivity contribution in [3.8, 4) is 0 Å². The van der Waals surface area contributed by atoms with Gasteiger partial charge in [0.2, 0.25) is 0 Å². The van der Waals surface area contributed by atoms with Gasteiger partial charge in [0.05, 0.1) is 6.10 Å². The average molecular weight is 228 g/mol. The predicted octanol–water partition coefficient (Wildman–Crippen LogP) is 2.92. The SMILES string of the molecule is CCC(=O)OC[C@H]1O[C@H]1CCCCC(C)C. The van der Waals surface area contributed by atoms with Gasteiger partial charge in [-0.1, -0.05) is 40.0 Å². The van der Waals surface area contributed by atoms with Crippen LogP contribution in [0.4, 0.5) is 0 Å². The minimum atomic E-state index is -0.131. The zero-order chi connectivity index (χ0) is 12.0. The van der Waals surface area contributed by atoms with Crippen molar-refractivity contribution in [3.05, 3.63) is 0 Å². The zero-order valence-electron chi connectivity index (χ0n) is 10.7. The minimum absolute atomic E-state index is 0.131. The van der Waals surface area contributed by atoms with E-state index in [1.54, 1.807) is 6.92 Å². The lowest BCUT2D eigenvalue weighted by Crippen LogP contribution is -2.10. The first kappa shape index (κ1) is 13.5. The highest BCUT2D eigenvalue weighted by molar-refractivity contribution is 5.68. The Hall–Kier alpha value is -0.570.